The van der Waals surface area contributed by atoms with Gasteiger partial charge in [0, 0.05) is 18.1 Å². The minimum atomic E-state index is 0.555. The normalized spacial score (nSPS) is 35.8. The fourth-order valence-electron chi connectivity index (χ4n) is 3.59. The standard InChI is InChI=1S/C14H25NO/c1-2-16-13-10-12(14(13)7-3-8-14)15-9-6-11-4-5-11/h11-13,15H,2-10H2,1H3. The van der Waals surface area contributed by atoms with E-state index in [1.165, 1.54) is 51.5 Å². The fraction of sp³-hybridized carbons (Fsp3) is 1.00. The Labute approximate surface area is 99.1 Å². The predicted molar refractivity (Wildman–Crippen MR) is 65.4 cm³/mol. The zero-order valence-electron chi connectivity index (χ0n) is 10.5. The summed E-state index contributed by atoms with van der Waals surface area (Å²) in [5.74, 6) is 1.06. The maximum absolute atomic E-state index is 5.87. The lowest BCUT2D eigenvalue weighted by molar-refractivity contribution is -0.172. The van der Waals surface area contributed by atoms with Crippen LogP contribution in [0.1, 0.15) is 51.9 Å². The van der Waals surface area contributed by atoms with Crippen molar-refractivity contribution in [1.29, 1.82) is 0 Å². The maximum atomic E-state index is 5.87. The van der Waals surface area contributed by atoms with Gasteiger partial charge < -0.3 is 10.1 Å². The van der Waals surface area contributed by atoms with Crippen molar-refractivity contribution >= 4 is 0 Å². The van der Waals surface area contributed by atoms with Crippen LogP contribution in [-0.4, -0.2) is 25.3 Å². The highest BCUT2D eigenvalue weighted by molar-refractivity contribution is 5.12. The van der Waals surface area contributed by atoms with Gasteiger partial charge in [0.1, 0.15) is 0 Å². The van der Waals surface area contributed by atoms with Crippen molar-refractivity contribution in [2.75, 3.05) is 13.2 Å². The van der Waals surface area contributed by atoms with Crippen molar-refractivity contribution in [2.24, 2.45) is 11.3 Å². The molecule has 0 aromatic carbocycles. The Bertz CT molecular complexity index is 245. The molecule has 3 saturated carbocycles. The molecule has 92 valence electrons. The highest BCUT2D eigenvalue weighted by Gasteiger charge is 2.58. The lowest BCUT2D eigenvalue weighted by Gasteiger charge is -2.61. The van der Waals surface area contributed by atoms with Gasteiger partial charge in [-0.2, -0.15) is 0 Å². The third kappa shape index (κ3) is 1.80. The van der Waals surface area contributed by atoms with Gasteiger partial charge in [0.05, 0.1) is 6.10 Å². The quantitative estimate of drug-likeness (QED) is 0.747. The van der Waals surface area contributed by atoms with Crippen molar-refractivity contribution in [3.8, 4) is 0 Å². The van der Waals surface area contributed by atoms with Crippen molar-refractivity contribution in [1.82, 2.24) is 5.32 Å². The molecule has 0 aliphatic heterocycles. The molecule has 3 fully saturated rings. The Morgan fingerprint density at radius 2 is 2.12 bits per heavy atom. The zero-order chi connectivity index (χ0) is 11.0. The Hall–Kier alpha value is -0.0800. The number of hydrogen-bond acceptors (Lipinski definition) is 2. The topological polar surface area (TPSA) is 21.3 Å². The molecule has 0 saturated heterocycles. The molecule has 2 atom stereocenters. The van der Waals surface area contributed by atoms with Crippen LogP contribution in [0.4, 0.5) is 0 Å². The van der Waals surface area contributed by atoms with E-state index < -0.39 is 0 Å². The van der Waals surface area contributed by atoms with Gasteiger partial charge in [-0.25, -0.2) is 0 Å². The maximum Gasteiger partial charge on any atom is 0.0661 e. The summed E-state index contributed by atoms with van der Waals surface area (Å²) in [7, 11) is 0. The summed E-state index contributed by atoms with van der Waals surface area (Å²) in [6.07, 6.45) is 10.4. The zero-order valence-corrected chi connectivity index (χ0v) is 10.5. The second kappa shape index (κ2) is 4.30. The van der Waals surface area contributed by atoms with E-state index in [2.05, 4.69) is 12.2 Å². The molecule has 2 heteroatoms. The van der Waals surface area contributed by atoms with Gasteiger partial charge in [-0.3, -0.25) is 0 Å². The van der Waals surface area contributed by atoms with Gasteiger partial charge in [-0.1, -0.05) is 19.3 Å². The van der Waals surface area contributed by atoms with Gasteiger partial charge in [0.2, 0.25) is 0 Å². The molecule has 0 amide bonds. The molecular formula is C14H25NO. The number of rotatable bonds is 6. The molecule has 0 aromatic heterocycles. The third-order valence-electron chi connectivity index (χ3n) is 5.08. The van der Waals surface area contributed by atoms with E-state index in [4.69, 9.17) is 4.74 Å². The van der Waals surface area contributed by atoms with Crippen LogP contribution >= 0.6 is 0 Å². The molecular weight excluding hydrogens is 198 g/mol. The fourth-order valence-corrected chi connectivity index (χ4v) is 3.59. The van der Waals surface area contributed by atoms with Crippen molar-refractivity contribution in [3.63, 3.8) is 0 Å². The SMILES string of the molecule is CCOC1CC(NCCC2CC2)C12CCC2. The summed E-state index contributed by atoms with van der Waals surface area (Å²) in [6.45, 7) is 4.26. The van der Waals surface area contributed by atoms with Gasteiger partial charge in [-0.15, -0.1) is 0 Å². The molecule has 0 heterocycles. The van der Waals surface area contributed by atoms with E-state index in [9.17, 15) is 0 Å². The van der Waals surface area contributed by atoms with Gasteiger partial charge >= 0.3 is 0 Å². The minimum Gasteiger partial charge on any atom is -0.378 e. The van der Waals surface area contributed by atoms with Crippen molar-refractivity contribution in [2.45, 2.75) is 64.0 Å². The van der Waals surface area contributed by atoms with E-state index in [1.807, 2.05) is 0 Å². The summed E-state index contributed by atoms with van der Waals surface area (Å²) < 4.78 is 5.87. The van der Waals surface area contributed by atoms with Crippen LogP contribution in [0.3, 0.4) is 0 Å². The molecule has 16 heavy (non-hydrogen) atoms. The Kier molecular flexibility index (Phi) is 2.97. The largest absolute Gasteiger partial charge is 0.378 e. The first-order valence-electron chi connectivity index (χ1n) is 7.20. The first-order valence-corrected chi connectivity index (χ1v) is 7.20. The number of ether oxygens (including phenoxy) is 1. The molecule has 1 N–H and O–H groups in total. The smallest absolute Gasteiger partial charge is 0.0661 e. The molecule has 3 rings (SSSR count). The summed E-state index contributed by atoms with van der Waals surface area (Å²) in [6, 6.07) is 0.775. The van der Waals surface area contributed by atoms with E-state index in [1.54, 1.807) is 0 Å². The van der Waals surface area contributed by atoms with Crippen LogP contribution < -0.4 is 5.32 Å². The summed E-state index contributed by atoms with van der Waals surface area (Å²) in [5.41, 5.74) is 0.555. The third-order valence-corrected chi connectivity index (χ3v) is 5.08. The molecule has 3 aliphatic carbocycles. The first kappa shape index (κ1) is 11.0. The molecule has 2 unspecified atom stereocenters. The Morgan fingerprint density at radius 1 is 1.31 bits per heavy atom. The van der Waals surface area contributed by atoms with E-state index >= 15 is 0 Å². The van der Waals surface area contributed by atoms with Crippen molar-refractivity contribution in [3.05, 3.63) is 0 Å². The van der Waals surface area contributed by atoms with Crippen LogP contribution in [0.2, 0.25) is 0 Å². The first-order chi connectivity index (χ1) is 7.85. The lowest BCUT2D eigenvalue weighted by atomic mass is 9.51. The van der Waals surface area contributed by atoms with Gasteiger partial charge in [-0.05, 0) is 45.1 Å². The summed E-state index contributed by atoms with van der Waals surface area (Å²) in [5, 5.41) is 3.79. The highest BCUT2D eigenvalue weighted by Crippen LogP contribution is 2.57. The van der Waals surface area contributed by atoms with Crippen molar-refractivity contribution < 1.29 is 4.74 Å². The average molecular weight is 223 g/mol. The average Bonchev–Trinajstić information content (AvgIpc) is 2.96. The predicted octanol–water partition coefficient (Wildman–Crippen LogP) is 2.72. The Morgan fingerprint density at radius 3 is 2.69 bits per heavy atom. The van der Waals surface area contributed by atoms with Crippen LogP contribution in [-0.2, 0) is 4.74 Å². The monoisotopic (exact) mass is 223 g/mol. The lowest BCUT2D eigenvalue weighted by Crippen LogP contribution is -2.66. The van der Waals surface area contributed by atoms with Gasteiger partial charge in [0.15, 0.2) is 0 Å². The Balaban J connectivity index is 1.44. The van der Waals surface area contributed by atoms with Crippen LogP contribution in [0.5, 0.6) is 0 Å². The summed E-state index contributed by atoms with van der Waals surface area (Å²) >= 11 is 0. The van der Waals surface area contributed by atoms with Crippen LogP contribution in [0.25, 0.3) is 0 Å². The van der Waals surface area contributed by atoms with Gasteiger partial charge in [0.25, 0.3) is 0 Å². The minimum absolute atomic E-state index is 0.555. The van der Waals surface area contributed by atoms with E-state index in [0.717, 1.165) is 18.6 Å². The second-order valence-electron chi connectivity index (χ2n) is 6.01. The molecule has 3 aliphatic rings. The molecule has 2 nitrogen and oxygen atoms in total. The van der Waals surface area contributed by atoms with Crippen LogP contribution in [0.15, 0.2) is 0 Å². The summed E-state index contributed by atoms with van der Waals surface area (Å²) in [4.78, 5) is 0. The molecule has 1 spiro atoms. The van der Waals surface area contributed by atoms with E-state index in [-0.39, 0.29) is 0 Å². The van der Waals surface area contributed by atoms with E-state index in [0.29, 0.717) is 11.5 Å². The molecule has 0 bridgehead atoms. The second-order valence-corrected chi connectivity index (χ2v) is 6.01. The molecule has 0 aromatic rings. The molecule has 0 radical (unpaired) electrons. The number of nitrogens with one attached hydrogen (secondary N) is 1. The highest BCUT2D eigenvalue weighted by atomic mass is 16.5. The van der Waals surface area contributed by atoms with Crippen LogP contribution in [0, 0.1) is 11.3 Å². The number of hydrogen-bond donors (Lipinski definition) is 1.